The lowest BCUT2D eigenvalue weighted by molar-refractivity contribution is -0.131. The Labute approximate surface area is 107 Å². The second kappa shape index (κ2) is 6.47. The molecule has 0 atom stereocenters. The third-order valence-corrected chi connectivity index (χ3v) is 2.33. The highest BCUT2D eigenvalue weighted by molar-refractivity contribution is 14.1. The van der Waals surface area contributed by atoms with Crippen LogP contribution >= 0.6 is 22.6 Å². The number of rotatable bonds is 4. The number of esters is 2. The average molecular weight is 334 g/mol. The largest absolute Gasteiger partial charge is 0.462 e. The van der Waals surface area contributed by atoms with Crippen LogP contribution in [-0.4, -0.2) is 23.0 Å². The molecule has 0 amide bonds. The summed E-state index contributed by atoms with van der Waals surface area (Å²) < 4.78 is 10.1. The molecule has 0 heterocycles. The van der Waals surface area contributed by atoms with Gasteiger partial charge in [0.1, 0.15) is 5.75 Å². The summed E-state index contributed by atoms with van der Waals surface area (Å²) in [5.41, 5.74) is 0.441. The van der Waals surface area contributed by atoms with Crippen LogP contribution in [0.3, 0.4) is 0 Å². The Kier molecular flexibility index (Phi) is 5.24. The zero-order valence-electron chi connectivity index (χ0n) is 8.73. The third-order valence-electron chi connectivity index (χ3n) is 1.71. The van der Waals surface area contributed by atoms with Gasteiger partial charge in [-0.05, 0) is 31.2 Å². The molecule has 0 fully saturated rings. The van der Waals surface area contributed by atoms with Crippen LogP contribution in [0.5, 0.6) is 5.75 Å². The minimum absolute atomic E-state index is 0.289. The summed E-state index contributed by atoms with van der Waals surface area (Å²) in [6.45, 7) is 2.08. The molecule has 0 spiro atoms. The molecule has 0 aliphatic carbocycles. The topological polar surface area (TPSA) is 52.6 Å². The van der Waals surface area contributed by atoms with E-state index in [2.05, 4.69) is 0 Å². The van der Waals surface area contributed by atoms with Crippen molar-refractivity contribution in [3.8, 4) is 5.75 Å². The fourth-order valence-corrected chi connectivity index (χ4v) is 1.19. The van der Waals surface area contributed by atoms with Gasteiger partial charge >= 0.3 is 11.9 Å². The monoisotopic (exact) mass is 334 g/mol. The van der Waals surface area contributed by atoms with Crippen molar-refractivity contribution in [2.45, 2.75) is 6.92 Å². The van der Waals surface area contributed by atoms with Crippen LogP contribution in [0.25, 0.3) is 0 Å². The van der Waals surface area contributed by atoms with E-state index in [1.54, 1.807) is 31.2 Å². The maximum absolute atomic E-state index is 11.3. The molecule has 1 aromatic carbocycles. The predicted octanol–water partition coefficient (Wildman–Crippen LogP) is 2.20. The van der Waals surface area contributed by atoms with Crippen LogP contribution in [0.2, 0.25) is 0 Å². The van der Waals surface area contributed by atoms with E-state index in [-0.39, 0.29) is 16.4 Å². The highest BCUT2D eigenvalue weighted by Gasteiger charge is 2.07. The van der Waals surface area contributed by atoms with Gasteiger partial charge in [0.05, 0.1) is 16.6 Å². The molecule has 0 aromatic heterocycles. The number of hydrogen-bond acceptors (Lipinski definition) is 4. The van der Waals surface area contributed by atoms with Gasteiger partial charge in [-0.15, -0.1) is 0 Å². The quantitative estimate of drug-likeness (QED) is 0.367. The lowest BCUT2D eigenvalue weighted by Crippen LogP contribution is -2.09. The Morgan fingerprint density at radius 1 is 1.25 bits per heavy atom. The first-order chi connectivity index (χ1) is 7.67. The zero-order chi connectivity index (χ0) is 12.0. The fraction of sp³-hybridized carbons (Fsp3) is 0.273. The average Bonchev–Trinajstić information content (AvgIpc) is 2.30. The number of benzene rings is 1. The zero-order valence-corrected chi connectivity index (χ0v) is 10.9. The van der Waals surface area contributed by atoms with Crippen molar-refractivity contribution in [1.29, 1.82) is 0 Å². The minimum Gasteiger partial charge on any atom is -0.462 e. The van der Waals surface area contributed by atoms with Crippen molar-refractivity contribution in [3.63, 3.8) is 0 Å². The number of hydrogen-bond donors (Lipinski definition) is 0. The summed E-state index contributed by atoms with van der Waals surface area (Å²) in [6.07, 6.45) is 0. The Balaban J connectivity index is 2.67. The van der Waals surface area contributed by atoms with Gasteiger partial charge in [-0.2, -0.15) is 0 Å². The molecule has 0 saturated carbocycles. The number of carbonyl (C=O) groups excluding carboxylic acids is 2. The summed E-state index contributed by atoms with van der Waals surface area (Å²) in [7, 11) is 0. The Morgan fingerprint density at radius 2 is 1.88 bits per heavy atom. The van der Waals surface area contributed by atoms with Gasteiger partial charge < -0.3 is 9.47 Å². The second-order valence-corrected chi connectivity index (χ2v) is 3.62. The van der Waals surface area contributed by atoms with Crippen molar-refractivity contribution in [2.75, 3.05) is 11.0 Å². The van der Waals surface area contributed by atoms with Crippen molar-refractivity contribution in [1.82, 2.24) is 0 Å². The molecule has 5 heteroatoms. The Hall–Kier alpha value is -1.11. The van der Waals surface area contributed by atoms with E-state index in [1.807, 2.05) is 22.6 Å². The molecule has 0 N–H and O–H groups in total. The summed E-state index contributed by atoms with van der Waals surface area (Å²) in [4.78, 5) is 22.3. The first kappa shape index (κ1) is 13.0. The van der Waals surface area contributed by atoms with E-state index in [9.17, 15) is 9.59 Å². The van der Waals surface area contributed by atoms with Crippen LogP contribution in [0.1, 0.15) is 17.3 Å². The maximum atomic E-state index is 11.3. The Bertz CT molecular complexity index is 372. The molecular formula is C11H11IO4. The van der Waals surface area contributed by atoms with Crippen molar-refractivity contribution in [2.24, 2.45) is 0 Å². The van der Waals surface area contributed by atoms with E-state index < -0.39 is 0 Å². The highest BCUT2D eigenvalue weighted by atomic mass is 127. The van der Waals surface area contributed by atoms with Gasteiger partial charge in [0.2, 0.25) is 0 Å². The summed E-state index contributed by atoms with van der Waals surface area (Å²) in [5.74, 6) is -0.270. The molecule has 4 nitrogen and oxygen atoms in total. The SMILES string of the molecule is CCOC(=O)c1ccc(OC(=O)CI)cc1. The summed E-state index contributed by atoms with van der Waals surface area (Å²) >= 11 is 1.92. The molecule has 16 heavy (non-hydrogen) atoms. The van der Waals surface area contributed by atoms with E-state index in [0.29, 0.717) is 17.9 Å². The number of alkyl halides is 1. The molecule has 0 radical (unpaired) electrons. The highest BCUT2D eigenvalue weighted by Crippen LogP contribution is 2.13. The van der Waals surface area contributed by atoms with E-state index in [0.717, 1.165) is 0 Å². The van der Waals surface area contributed by atoms with Gasteiger partial charge in [0.25, 0.3) is 0 Å². The van der Waals surface area contributed by atoms with Gasteiger partial charge in [-0.25, -0.2) is 4.79 Å². The molecule has 0 aliphatic rings. The van der Waals surface area contributed by atoms with E-state index >= 15 is 0 Å². The molecule has 0 bridgehead atoms. The molecule has 0 saturated heterocycles. The molecule has 0 unspecified atom stereocenters. The van der Waals surface area contributed by atoms with Gasteiger partial charge in [0, 0.05) is 0 Å². The summed E-state index contributed by atoms with van der Waals surface area (Å²) in [6, 6.07) is 6.26. The first-order valence-electron chi connectivity index (χ1n) is 4.71. The smallest absolute Gasteiger partial charge is 0.338 e. The second-order valence-electron chi connectivity index (χ2n) is 2.85. The molecule has 86 valence electrons. The van der Waals surface area contributed by atoms with E-state index in [1.165, 1.54) is 0 Å². The first-order valence-corrected chi connectivity index (χ1v) is 6.23. The van der Waals surface area contributed by atoms with Crippen LogP contribution < -0.4 is 4.74 Å². The Morgan fingerprint density at radius 3 is 2.38 bits per heavy atom. The lowest BCUT2D eigenvalue weighted by Gasteiger charge is -2.04. The third kappa shape index (κ3) is 3.80. The molecule has 0 aliphatic heterocycles. The number of ether oxygens (including phenoxy) is 2. The lowest BCUT2D eigenvalue weighted by atomic mass is 10.2. The van der Waals surface area contributed by atoms with Gasteiger partial charge in [-0.1, -0.05) is 22.6 Å². The molecule has 1 aromatic rings. The standard InChI is InChI=1S/C11H11IO4/c1-2-15-11(14)8-3-5-9(6-4-8)16-10(13)7-12/h3-6H,2,7H2,1H3. The van der Waals surface area contributed by atoms with Crippen molar-refractivity contribution < 1.29 is 19.1 Å². The number of halogens is 1. The van der Waals surface area contributed by atoms with Crippen LogP contribution in [0.4, 0.5) is 0 Å². The van der Waals surface area contributed by atoms with Crippen LogP contribution in [-0.2, 0) is 9.53 Å². The predicted molar refractivity (Wildman–Crippen MR) is 66.9 cm³/mol. The van der Waals surface area contributed by atoms with Crippen LogP contribution in [0, 0.1) is 0 Å². The minimum atomic E-state index is -0.380. The number of carbonyl (C=O) groups is 2. The normalized spacial score (nSPS) is 9.62. The van der Waals surface area contributed by atoms with Gasteiger partial charge in [-0.3, -0.25) is 4.79 Å². The van der Waals surface area contributed by atoms with E-state index in [4.69, 9.17) is 9.47 Å². The van der Waals surface area contributed by atoms with Crippen LogP contribution in [0.15, 0.2) is 24.3 Å². The molecular weight excluding hydrogens is 323 g/mol. The van der Waals surface area contributed by atoms with Crippen molar-refractivity contribution >= 4 is 34.5 Å². The molecule has 1 rings (SSSR count). The maximum Gasteiger partial charge on any atom is 0.338 e. The van der Waals surface area contributed by atoms with Crippen molar-refractivity contribution in [3.05, 3.63) is 29.8 Å². The summed E-state index contributed by atoms with van der Waals surface area (Å²) in [5, 5.41) is 0. The van der Waals surface area contributed by atoms with Gasteiger partial charge in [0.15, 0.2) is 0 Å². The fourth-order valence-electron chi connectivity index (χ4n) is 1.03.